The van der Waals surface area contributed by atoms with Crippen molar-refractivity contribution in [3.05, 3.63) is 173 Å². The van der Waals surface area contributed by atoms with Crippen LogP contribution >= 0.6 is 23.5 Å². The van der Waals surface area contributed by atoms with E-state index in [4.69, 9.17) is 27.1 Å². The molecule has 0 N–H and O–H groups in total. The van der Waals surface area contributed by atoms with Gasteiger partial charge < -0.3 is 41.8 Å². The summed E-state index contributed by atoms with van der Waals surface area (Å²) >= 11 is 0. The van der Waals surface area contributed by atoms with Crippen LogP contribution in [-0.2, 0) is 84.7 Å². The van der Waals surface area contributed by atoms with Crippen LogP contribution in [0.15, 0.2) is 72.8 Å². The molecule has 0 aliphatic carbocycles. The molecule has 0 aromatic heterocycles. The van der Waals surface area contributed by atoms with E-state index in [0.717, 1.165) is 100 Å². The third-order valence-corrected chi connectivity index (χ3v) is 19.0. The Morgan fingerprint density at radius 3 is 0.477 bits per heavy atom. The summed E-state index contributed by atoms with van der Waals surface area (Å²) in [6.07, 6.45) is 4.10. The Morgan fingerprint density at radius 1 is 0.261 bits per heavy atom. The Hall–Kier alpha value is -4.78. The van der Waals surface area contributed by atoms with E-state index in [0.29, 0.717) is 73.0 Å². The molecule has 88 heavy (non-hydrogen) atoms. The zero-order valence-corrected chi connectivity index (χ0v) is 60.8. The van der Waals surface area contributed by atoms with Crippen LogP contribution in [-0.4, -0.2) is 17.4 Å². The average molecular weight is 1270 g/mol. The second-order valence-electron chi connectivity index (χ2n) is 30.6. The number of hydrogen-bond acceptors (Lipinski definition) is 12. The van der Waals surface area contributed by atoms with Gasteiger partial charge in [0.2, 0.25) is 0 Å². The number of phosphoric acid groups is 3. The monoisotopic (exact) mass is 1270 g/mol. The van der Waals surface area contributed by atoms with Crippen LogP contribution in [0, 0.1) is 41.5 Å². The first kappa shape index (κ1) is 72.3. The van der Waals surface area contributed by atoms with E-state index in [1.165, 1.54) is 0 Å². The van der Waals surface area contributed by atoms with Crippen molar-refractivity contribution in [3.8, 4) is 34.5 Å². The topological polar surface area (TPSA) is 176 Å². The summed E-state index contributed by atoms with van der Waals surface area (Å²) in [6.45, 7) is 50.1. The van der Waals surface area contributed by atoms with Gasteiger partial charge in [-0.15, -0.1) is 0 Å². The first-order valence-corrected chi connectivity index (χ1v) is 34.8. The predicted molar refractivity (Wildman–Crippen MR) is 354 cm³/mol. The van der Waals surface area contributed by atoms with Crippen LogP contribution in [0.5, 0.6) is 34.5 Å². The van der Waals surface area contributed by atoms with Gasteiger partial charge in [-0.3, -0.25) is 0 Å². The minimum absolute atomic E-state index is 0. The maximum Gasteiger partial charge on any atom is 3.00 e. The van der Waals surface area contributed by atoms with Crippen molar-refractivity contribution >= 4 is 40.8 Å². The fourth-order valence-electron chi connectivity index (χ4n) is 11.1. The van der Waals surface area contributed by atoms with Crippen molar-refractivity contribution in [2.24, 2.45) is 0 Å². The van der Waals surface area contributed by atoms with E-state index in [1.54, 1.807) is 0 Å². The molecule has 3 heterocycles. The average Bonchev–Trinajstić information content (AvgIpc) is 1.89. The van der Waals surface area contributed by atoms with E-state index in [-0.39, 0.29) is 49.9 Å². The molecule has 9 rings (SSSR count). The number of benzene rings is 6. The molecule has 6 aromatic carbocycles. The van der Waals surface area contributed by atoms with Crippen LogP contribution in [0.3, 0.4) is 0 Å². The van der Waals surface area contributed by atoms with Crippen molar-refractivity contribution in [1.82, 2.24) is 0 Å². The van der Waals surface area contributed by atoms with E-state index in [2.05, 4.69) is 161 Å². The van der Waals surface area contributed by atoms with E-state index in [9.17, 15) is 28.4 Å². The summed E-state index contributed by atoms with van der Waals surface area (Å²) in [5, 5.41) is 0. The van der Waals surface area contributed by atoms with Crippen molar-refractivity contribution in [2.45, 2.75) is 237 Å². The minimum Gasteiger partial charge on any atom is -0.736 e. The summed E-state index contributed by atoms with van der Waals surface area (Å²) in [6, 6.07) is 24.5. The first-order valence-electron chi connectivity index (χ1n) is 30.5. The van der Waals surface area contributed by atoms with Gasteiger partial charge in [0.15, 0.2) is 0 Å². The molecule has 474 valence electrons. The van der Waals surface area contributed by atoms with Gasteiger partial charge in [0.05, 0.1) is 0 Å². The molecule has 0 saturated heterocycles. The van der Waals surface area contributed by atoms with Gasteiger partial charge in [0.25, 0.3) is 0 Å². The summed E-state index contributed by atoms with van der Waals surface area (Å²) in [4.78, 5) is 38.3. The van der Waals surface area contributed by atoms with Gasteiger partial charge in [-0.1, -0.05) is 197 Å². The molecule has 0 atom stereocenters. The summed E-state index contributed by atoms with van der Waals surface area (Å²) in [5.41, 5.74) is 17.0. The number of phosphoric ester groups is 3. The summed E-state index contributed by atoms with van der Waals surface area (Å²) < 4.78 is 71.2. The predicted octanol–water partition coefficient (Wildman–Crippen LogP) is 17.4. The zero-order valence-electron chi connectivity index (χ0n) is 57.0. The Balaban J connectivity index is 0.000000209. The van der Waals surface area contributed by atoms with Gasteiger partial charge in [-0.05, 0) is 213 Å². The maximum atomic E-state index is 12.8. The molecule has 16 heteroatoms. The Bertz CT molecular complexity index is 3140. The third kappa shape index (κ3) is 17.6. The molecule has 0 amide bonds. The van der Waals surface area contributed by atoms with Crippen LogP contribution in [0.1, 0.15) is 225 Å². The second-order valence-corrected chi connectivity index (χ2v) is 34.4. The molecule has 0 bridgehead atoms. The van der Waals surface area contributed by atoms with Crippen LogP contribution in [0.2, 0.25) is 0 Å². The molecule has 3 aliphatic rings. The van der Waals surface area contributed by atoms with Gasteiger partial charge in [0, 0.05) is 0 Å². The van der Waals surface area contributed by atoms with Crippen molar-refractivity contribution in [1.29, 1.82) is 0 Å². The maximum absolute atomic E-state index is 12.8. The number of aryl methyl sites for hydroxylation is 12. The van der Waals surface area contributed by atoms with Crippen LogP contribution in [0.4, 0.5) is 0 Å². The van der Waals surface area contributed by atoms with E-state index in [1.807, 2.05) is 77.9 Å². The van der Waals surface area contributed by atoms with Crippen molar-refractivity contribution in [2.75, 3.05) is 0 Å². The molecule has 12 nitrogen and oxygen atoms in total. The fraction of sp³-hybridized carbons (Fsp3) is 0.500. The minimum atomic E-state index is -4.57. The quantitative estimate of drug-likeness (QED) is 0.104. The van der Waals surface area contributed by atoms with Crippen molar-refractivity contribution < 1.29 is 55.5 Å². The largest absolute Gasteiger partial charge is 3.00 e. The first-order chi connectivity index (χ1) is 39.5. The summed E-state index contributed by atoms with van der Waals surface area (Å²) in [5.74, 6) is 2.40. The number of hydrogen-bond donors (Lipinski definition) is 0. The number of rotatable bonds is 0. The molecule has 6 aromatic rings. The third-order valence-electron chi connectivity index (χ3n) is 16.5. The normalized spacial score (nSPS) is 16.3. The Labute approximate surface area is 537 Å². The zero-order chi connectivity index (χ0) is 65.3. The van der Waals surface area contributed by atoms with Crippen LogP contribution < -0.4 is 41.8 Å². The van der Waals surface area contributed by atoms with Crippen molar-refractivity contribution in [3.63, 3.8) is 0 Å². The molecular weight excluding hydrogens is 1180 g/mol. The van der Waals surface area contributed by atoms with Gasteiger partial charge in [-0.2, -0.15) is 0 Å². The summed E-state index contributed by atoms with van der Waals surface area (Å²) in [7, 11) is -13.7. The molecular formula is C72H96AlO12P3. The Kier molecular flexibility index (Phi) is 21.1. The Morgan fingerprint density at radius 2 is 0.375 bits per heavy atom. The fourth-order valence-corrected chi connectivity index (χ4v) is 14.1. The van der Waals surface area contributed by atoms with E-state index < -0.39 is 23.5 Å². The van der Waals surface area contributed by atoms with E-state index >= 15 is 0 Å². The number of fused-ring (bicyclic) bond motifs is 6. The van der Waals surface area contributed by atoms with Crippen LogP contribution in [0.25, 0.3) is 0 Å². The molecule has 0 fully saturated rings. The molecule has 0 spiro atoms. The second kappa shape index (κ2) is 25.7. The van der Waals surface area contributed by atoms with Gasteiger partial charge >= 0.3 is 40.8 Å². The van der Waals surface area contributed by atoms with Gasteiger partial charge in [-0.25, -0.2) is 13.7 Å². The molecule has 0 saturated carbocycles. The smallest absolute Gasteiger partial charge is 0.736 e. The van der Waals surface area contributed by atoms with Gasteiger partial charge in [0.1, 0.15) is 34.5 Å². The molecule has 3 aliphatic heterocycles. The SMILES string of the molecule is Cc1cc(C(C)(C)C)cc2c1OP(=O)([O-])Oc1c(C)cc(C(C)(C)C)cc1CC2.Cc1cc(C(C)(C)C)cc2c1OP(=O)([O-])Oc1c(C)cc(C(C)(C)C)cc1CC2.Cc1cc(C(C)(C)C)cc2c1OP(=O)([O-])Oc1c(C)cc(C(C)(C)C)cc1CC2.[Al+3]. The molecule has 0 radical (unpaired) electrons. The molecule has 0 unspecified atom stereocenters. The standard InChI is InChI=1S/3C24H33O4P.Al/c3*1-15-11-19(23(3,4)5)13-17-9-10-18-14-20(24(6,7)8)12-16(2)22(18)28-29(25,26)27-21(15)17;/h3*11-14H,9-10H2,1-8H3,(H,25,26);/q;;;+3/p-3.